The van der Waals surface area contributed by atoms with Gasteiger partial charge in [-0.05, 0) is 55.0 Å². The smallest absolute Gasteiger partial charge is 0.266 e. The summed E-state index contributed by atoms with van der Waals surface area (Å²) in [6.45, 7) is 2.03. The lowest BCUT2D eigenvalue weighted by atomic mass is 10.1. The highest BCUT2D eigenvalue weighted by Gasteiger charge is 2.11. The molecule has 4 nitrogen and oxygen atoms in total. The van der Waals surface area contributed by atoms with Gasteiger partial charge in [0.05, 0.1) is 16.6 Å². The molecule has 0 spiro atoms. The van der Waals surface area contributed by atoms with Gasteiger partial charge in [0.1, 0.15) is 5.82 Å². The van der Waals surface area contributed by atoms with E-state index in [1.807, 2.05) is 92.0 Å². The topological polar surface area (TPSA) is 50.7 Å². The molecule has 0 amide bonds. The van der Waals surface area contributed by atoms with E-state index in [9.17, 15) is 4.79 Å². The predicted molar refractivity (Wildman–Crippen MR) is 119 cm³/mol. The van der Waals surface area contributed by atoms with Gasteiger partial charge in [0.15, 0.2) is 0 Å². The summed E-state index contributed by atoms with van der Waals surface area (Å²) in [5.74, 6) is 0.600. The van der Waals surface area contributed by atoms with Gasteiger partial charge in [-0.15, -0.1) is 0 Å². The van der Waals surface area contributed by atoms with Crippen LogP contribution in [-0.4, -0.2) is 14.5 Å². The number of benzene rings is 3. The Kier molecular flexibility index (Phi) is 4.10. The van der Waals surface area contributed by atoms with Gasteiger partial charge < -0.3 is 4.98 Å². The number of para-hydroxylation sites is 2. The van der Waals surface area contributed by atoms with Crippen molar-refractivity contribution in [3.63, 3.8) is 0 Å². The molecule has 3 aromatic carbocycles. The number of aryl methyl sites for hydroxylation is 1. The Balaban J connectivity index is 1.72. The molecule has 29 heavy (non-hydrogen) atoms. The van der Waals surface area contributed by atoms with Crippen molar-refractivity contribution in [2.75, 3.05) is 0 Å². The third-order valence-corrected chi connectivity index (χ3v) is 5.13. The molecule has 5 aromatic rings. The van der Waals surface area contributed by atoms with E-state index in [4.69, 9.17) is 4.98 Å². The maximum absolute atomic E-state index is 13.3. The minimum Gasteiger partial charge on any atom is -0.361 e. The average Bonchev–Trinajstić information content (AvgIpc) is 3.16. The molecule has 1 N–H and O–H groups in total. The van der Waals surface area contributed by atoms with E-state index in [1.165, 1.54) is 0 Å². The van der Waals surface area contributed by atoms with Crippen LogP contribution in [0.4, 0.5) is 0 Å². The van der Waals surface area contributed by atoms with E-state index in [0.717, 1.165) is 27.7 Å². The van der Waals surface area contributed by atoms with Crippen LogP contribution in [0, 0.1) is 6.92 Å². The zero-order chi connectivity index (χ0) is 19.8. The normalized spacial score (nSPS) is 11.6. The van der Waals surface area contributed by atoms with Crippen molar-refractivity contribution < 1.29 is 0 Å². The van der Waals surface area contributed by atoms with E-state index >= 15 is 0 Å². The molecule has 0 bridgehead atoms. The van der Waals surface area contributed by atoms with Crippen LogP contribution in [-0.2, 0) is 0 Å². The number of fused-ring (bicyclic) bond motifs is 2. The maximum Gasteiger partial charge on any atom is 0.266 e. The van der Waals surface area contributed by atoms with Crippen LogP contribution in [0.25, 0.3) is 39.6 Å². The first-order valence-electron chi connectivity index (χ1n) is 9.54. The Morgan fingerprint density at radius 1 is 0.862 bits per heavy atom. The summed E-state index contributed by atoms with van der Waals surface area (Å²) < 4.78 is 1.67. The minimum atomic E-state index is -0.0713. The Hall–Kier alpha value is -3.92. The van der Waals surface area contributed by atoms with E-state index < -0.39 is 0 Å². The summed E-state index contributed by atoms with van der Waals surface area (Å²) in [4.78, 5) is 21.3. The molecular weight excluding hydrogens is 358 g/mol. The van der Waals surface area contributed by atoms with Gasteiger partial charge in [0, 0.05) is 17.1 Å². The fourth-order valence-electron chi connectivity index (χ4n) is 3.60. The number of rotatable bonds is 3. The van der Waals surface area contributed by atoms with Crippen LogP contribution in [0.5, 0.6) is 0 Å². The van der Waals surface area contributed by atoms with Gasteiger partial charge >= 0.3 is 0 Å². The van der Waals surface area contributed by atoms with Gasteiger partial charge in [0.2, 0.25) is 0 Å². The second-order valence-corrected chi connectivity index (χ2v) is 7.09. The van der Waals surface area contributed by atoms with Crippen molar-refractivity contribution in [3.8, 4) is 5.69 Å². The maximum atomic E-state index is 13.3. The quantitative estimate of drug-likeness (QED) is 0.461. The molecule has 5 rings (SSSR count). The molecule has 0 aliphatic heterocycles. The number of H-pyrrole nitrogens is 1. The number of aromatic nitrogens is 3. The summed E-state index contributed by atoms with van der Waals surface area (Å²) in [6.07, 6.45) is 5.87. The molecule has 0 aliphatic rings. The van der Waals surface area contributed by atoms with Crippen LogP contribution < -0.4 is 5.56 Å². The van der Waals surface area contributed by atoms with Crippen molar-refractivity contribution in [2.45, 2.75) is 6.92 Å². The Labute approximate surface area is 167 Å². The monoisotopic (exact) mass is 377 g/mol. The van der Waals surface area contributed by atoms with Gasteiger partial charge in [-0.25, -0.2) is 4.98 Å². The number of nitrogens with zero attached hydrogens (tertiary/aromatic N) is 2. The largest absolute Gasteiger partial charge is 0.361 e. The van der Waals surface area contributed by atoms with E-state index in [0.29, 0.717) is 16.7 Å². The van der Waals surface area contributed by atoms with Gasteiger partial charge in [0.25, 0.3) is 5.56 Å². The molecule has 0 aliphatic carbocycles. The number of aromatic amines is 1. The fourth-order valence-corrected chi connectivity index (χ4v) is 3.60. The first-order chi connectivity index (χ1) is 14.2. The van der Waals surface area contributed by atoms with Gasteiger partial charge in [-0.1, -0.05) is 48.0 Å². The van der Waals surface area contributed by atoms with E-state index in [1.54, 1.807) is 4.57 Å². The predicted octanol–water partition coefficient (Wildman–Crippen LogP) is 5.35. The van der Waals surface area contributed by atoms with Gasteiger partial charge in [-0.2, -0.15) is 0 Å². The number of nitrogens with one attached hydrogen (secondary N) is 1. The zero-order valence-corrected chi connectivity index (χ0v) is 16.0. The molecular formula is C25H19N3O. The van der Waals surface area contributed by atoms with Crippen molar-refractivity contribution in [1.29, 1.82) is 0 Å². The summed E-state index contributed by atoms with van der Waals surface area (Å²) in [5, 5.41) is 1.74. The van der Waals surface area contributed by atoms with Crippen LogP contribution >= 0.6 is 0 Å². The Bertz CT molecular complexity index is 1420. The standard InChI is InChI=1S/C25H19N3O/c1-17-10-13-19(14-11-17)28-24(27-23-9-5-3-7-21(23)25(28)29)15-12-18-16-26-22-8-4-2-6-20(18)22/h2-16,26H,1H3. The molecule has 0 radical (unpaired) electrons. The number of hydrogen-bond acceptors (Lipinski definition) is 2. The SMILES string of the molecule is Cc1ccc(-n2c(C=Cc3c[nH]c4ccccc34)nc3ccccc3c2=O)cc1. The fraction of sp³-hybridized carbons (Fsp3) is 0.0400. The highest BCUT2D eigenvalue weighted by molar-refractivity contribution is 5.91. The van der Waals surface area contributed by atoms with E-state index in [2.05, 4.69) is 11.1 Å². The van der Waals surface area contributed by atoms with Crippen molar-refractivity contribution in [2.24, 2.45) is 0 Å². The second kappa shape index (κ2) is 6.91. The highest BCUT2D eigenvalue weighted by Crippen LogP contribution is 2.21. The molecule has 0 fully saturated rings. The molecule has 0 atom stereocenters. The van der Waals surface area contributed by atoms with Gasteiger partial charge in [-0.3, -0.25) is 9.36 Å². The molecule has 0 unspecified atom stereocenters. The molecule has 4 heteroatoms. The molecule has 0 saturated carbocycles. The lowest BCUT2D eigenvalue weighted by Crippen LogP contribution is -2.22. The van der Waals surface area contributed by atoms with Crippen molar-refractivity contribution in [3.05, 3.63) is 106 Å². The lowest BCUT2D eigenvalue weighted by molar-refractivity contribution is 0.943. The van der Waals surface area contributed by atoms with Crippen molar-refractivity contribution >= 4 is 34.0 Å². The molecule has 2 aromatic heterocycles. The van der Waals surface area contributed by atoms with Crippen molar-refractivity contribution in [1.82, 2.24) is 14.5 Å². The van der Waals surface area contributed by atoms with Crippen LogP contribution in [0.15, 0.2) is 83.8 Å². The van der Waals surface area contributed by atoms with E-state index in [-0.39, 0.29) is 5.56 Å². The Morgan fingerprint density at radius 2 is 1.59 bits per heavy atom. The molecule has 0 saturated heterocycles. The number of hydrogen-bond donors (Lipinski definition) is 1. The lowest BCUT2D eigenvalue weighted by Gasteiger charge is -2.11. The summed E-state index contributed by atoms with van der Waals surface area (Å²) in [5.41, 5.74) is 4.70. The molecule has 140 valence electrons. The first-order valence-corrected chi connectivity index (χ1v) is 9.54. The first kappa shape index (κ1) is 17.2. The third-order valence-electron chi connectivity index (χ3n) is 5.13. The minimum absolute atomic E-state index is 0.0713. The second-order valence-electron chi connectivity index (χ2n) is 7.09. The highest BCUT2D eigenvalue weighted by atomic mass is 16.1. The van der Waals surface area contributed by atoms with Crippen LogP contribution in [0.1, 0.15) is 17.0 Å². The average molecular weight is 377 g/mol. The third kappa shape index (κ3) is 3.05. The summed E-state index contributed by atoms with van der Waals surface area (Å²) >= 11 is 0. The molecule has 2 heterocycles. The van der Waals surface area contributed by atoms with Crippen LogP contribution in [0.3, 0.4) is 0 Å². The summed E-state index contributed by atoms with van der Waals surface area (Å²) in [6, 6.07) is 23.5. The van der Waals surface area contributed by atoms with Crippen LogP contribution in [0.2, 0.25) is 0 Å². The zero-order valence-electron chi connectivity index (χ0n) is 16.0. The Morgan fingerprint density at radius 3 is 2.41 bits per heavy atom. The summed E-state index contributed by atoms with van der Waals surface area (Å²) in [7, 11) is 0.